The summed E-state index contributed by atoms with van der Waals surface area (Å²) < 4.78 is 11.9. The van der Waals surface area contributed by atoms with E-state index in [-0.39, 0.29) is 11.3 Å². The summed E-state index contributed by atoms with van der Waals surface area (Å²) in [6.45, 7) is 2.32. The second-order valence-electron chi connectivity index (χ2n) is 9.99. The molecule has 1 saturated heterocycles. The van der Waals surface area contributed by atoms with Crippen molar-refractivity contribution in [2.75, 3.05) is 39.2 Å². The number of hydrogen-bond acceptors (Lipinski definition) is 6. The number of methoxy groups -OCH3 is 1. The fourth-order valence-corrected chi connectivity index (χ4v) is 5.73. The third-order valence-corrected chi connectivity index (χ3v) is 8.08. The molecule has 3 aromatic rings. The van der Waals surface area contributed by atoms with Gasteiger partial charge in [0.05, 0.1) is 41.0 Å². The minimum Gasteiger partial charge on any atom is -0.493 e. The highest BCUT2D eigenvalue weighted by atomic mass is 35.5. The van der Waals surface area contributed by atoms with Gasteiger partial charge in [-0.25, -0.2) is 0 Å². The third kappa shape index (κ3) is 3.89. The molecule has 3 aliphatic rings. The quantitative estimate of drug-likeness (QED) is 0.428. The van der Waals surface area contributed by atoms with Crippen LogP contribution in [0.3, 0.4) is 0 Å². The number of para-hydroxylation sites is 1. The number of aromatic amines is 1. The van der Waals surface area contributed by atoms with Gasteiger partial charge in [0.25, 0.3) is 5.91 Å². The monoisotopic (exact) mass is 507 g/mol. The van der Waals surface area contributed by atoms with Crippen molar-refractivity contribution in [3.63, 3.8) is 0 Å². The molecule has 188 valence electrons. The van der Waals surface area contributed by atoms with Crippen molar-refractivity contribution in [1.29, 1.82) is 0 Å². The molecule has 2 fully saturated rings. The van der Waals surface area contributed by atoms with Gasteiger partial charge in [-0.15, -0.1) is 0 Å². The Bertz CT molecular complexity index is 1320. The van der Waals surface area contributed by atoms with E-state index in [1.165, 1.54) is 6.42 Å². The molecule has 1 atom stereocenters. The highest BCUT2D eigenvalue weighted by Crippen LogP contribution is 2.54. The van der Waals surface area contributed by atoms with Crippen molar-refractivity contribution in [3.8, 4) is 22.8 Å². The van der Waals surface area contributed by atoms with Gasteiger partial charge in [0.15, 0.2) is 5.75 Å². The number of pyridine rings is 1. The molecule has 8 nitrogen and oxygen atoms in total. The van der Waals surface area contributed by atoms with E-state index >= 15 is 0 Å². The Balaban J connectivity index is 1.46. The Labute approximate surface area is 215 Å². The maximum absolute atomic E-state index is 13.2. The van der Waals surface area contributed by atoms with Crippen molar-refractivity contribution in [2.45, 2.75) is 37.1 Å². The van der Waals surface area contributed by atoms with Gasteiger partial charge in [-0.2, -0.15) is 0 Å². The first-order valence-corrected chi connectivity index (χ1v) is 12.8. The highest BCUT2D eigenvalue weighted by molar-refractivity contribution is 6.32. The van der Waals surface area contributed by atoms with Crippen LogP contribution < -0.4 is 20.1 Å². The molecule has 1 unspecified atom stereocenters. The number of carbonyl (C=O) groups excluding carboxylic acids is 1. The predicted molar refractivity (Wildman–Crippen MR) is 140 cm³/mol. The van der Waals surface area contributed by atoms with Crippen LogP contribution in [0.15, 0.2) is 36.7 Å². The van der Waals surface area contributed by atoms with Crippen molar-refractivity contribution in [3.05, 3.63) is 52.9 Å². The van der Waals surface area contributed by atoms with E-state index in [4.69, 9.17) is 21.1 Å². The van der Waals surface area contributed by atoms with Crippen molar-refractivity contribution in [1.82, 2.24) is 20.2 Å². The first kappa shape index (κ1) is 23.2. The number of nitrogens with one attached hydrogen (secondary N) is 3. The van der Waals surface area contributed by atoms with E-state index in [0.29, 0.717) is 52.7 Å². The number of ether oxygens (including phenoxy) is 2. The van der Waals surface area contributed by atoms with Crippen LogP contribution in [-0.4, -0.2) is 60.7 Å². The first-order valence-electron chi connectivity index (χ1n) is 12.4. The van der Waals surface area contributed by atoms with Gasteiger partial charge in [-0.3, -0.25) is 9.78 Å². The van der Waals surface area contributed by atoms with Crippen LogP contribution in [0.2, 0.25) is 5.02 Å². The highest BCUT2D eigenvalue weighted by Gasteiger charge is 2.51. The van der Waals surface area contributed by atoms with Crippen LogP contribution in [-0.2, 0) is 5.41 Å². The van der Waals surface area contributed by atoms with Gasteiger partial charge in [0.1, 0.15) is 12.4 Å². The number of anilines is 2. The van der Waals surface area contributed by atoms with Crippen LogP contribution in [0.5, 0.6) is 11.5 Å². The molecule has 36 heavy (non-hydrogen) atoms. The molecule has 9 heteroatoms. The molecule has 2 aromatic heterocycles. The zero-order chi connectivity index (χ0) is 24.9. The van der Waals surface area contributed by atoms with Crippen molar-refractivity contribution >= 4 is 28.9 Å². The number of H-pyrrole nitrogens is 1. The lowest BCUT2D eigenvalue weighted by molar-refractivity contribution is 0.0938. The molecular weight excluding hydrogens is 478 g/mol. The summed E-state index contributed by atoms with van der Waals surface area (Å²) in [5.74, 6) is 1.10. The van der Waals surface area contributed by atoms with Crippen molar-refractivity contribution in [2.24, 2.45) is 0 Å². The average molecular weight is 508 g/mol. The molecule has 1 spiro atoms. The van der Waals surface area contributed by atoms with E-state index < -0.39 is 0 Å². The first-order chi connectivity index (χ1) is 17.5. The standard InChI is InChI=1S/C27H30ClN5O3/c1-33-12-4-5-16(33)14-36-20-13-29-11-8-17(20)22-23(31-19-7-3-6-18(28)24(19)35-2)21-25(32-22)27(9-10-27)15-30-26(21)34/h3,6-8,11,13,16,31-32H,4-5,9-10,12,14-15H2,1-2H3,(H,30,34). The largest absolute Gasteiger partial charge is 0.493 e. The van der Waals surface area contributed by atoms with E-state index in [0.717, 1.165) is 42.8 Å². The van der Waals surface area contributed by atoms with Crippen LogP contribution >= 0.6 is 11.6 Å². The summed E-state index contributed by atoms with van der Waals surface area (Å²) in [6, 6.07) is 7.83. The normalized spacial score (nSPS) is 20.2. The molecule has 1 saturated carbocycles. The van der Waals surface area contributed by atoms with Gasteiger partial charge in [0, 0.05) is 35.5 Å². The van der Waals surface area contributed by atoms with E-state index in [2.05, 4.69) is 32.5 Å². The lowest BCUT2D eigenvalue weighted by Gasteiger charge is -2.23. The van der Waals surface area contributed by atoms with Crippen LogP contribution in [0.1, 0.15) is 41.7 Å². The zero-order valence-corrected chi connectivity index (χ0v) is 21.2. The zero-order valence-electron chi connectivity index (χ0n) is 20.5. The van der Waals surface area contributed by atoms with Gasteiger partial charge in [0.2, 0.25) is 0 Å². The maximum Gasteiger partial charge on any atom is 0.255 e. The van der Waals surface area contributed by atoms with Gasteiger partial charge >= 0.3 is 0 Å². The van der Waals surface area contributed by atoms with Crippen LogP contribution in [0.25, 0.3) is 11.3 Å². The topological polar surface area (TPSA) is 91.5 Å². The third-order valence-electron chi connectivity index (χ3n) is 7.79. The fraction of sp³-hybridized carbons (Fsp3) is 0.407. The summed E-state index contributed by atoms with van der Waals surface area (Å²) in [5.41, 5.74) is 4.58. The second kappa shape index (κ2) is 9.01. The Kier molecular flexibility index (Phi) is 5.80. The Morgan fingerprint density at radius 1 is 1.31 bits per heavy atom. The van der Waals surface area contributed by atoms with E-state index in [1.54, 1.807) is 25.6 Å². The SMILES string of the molecule is COc1c(Cl)cccc1Nc1c(-c2ccncc2OCC2CCCN2C)[nH]c2c1C(=O)NCC21CC1. The number of nitrogens with zero attached hydrogens (tertiary/aromatic N) is 2. The molecular formula is C27H30ClN5O3. The smallest absolute Gasteiger partial charge is 0.255 e. The summed E-state index contributed by atoms with van der Waals surface area (Å²) >= 11 is 6.41. The number of likely N-dealkylation sites (N-methyl/N-ethyl adjacent to an activating group) is 1. The second-order valence-corrected chi connectivity index (χ2v) is 10.4. The predicted octanol–water partition coefficient (Wildman–Crippen LogP) is 4.73. The van der Waals surface area contributed by atoms with E-state index in [1.807, 2.05) is 18.2 Å². The number of likely N-dealkylation sites (tertiary alicyclic amines) is 1. The van der Waals surface area contributed by atoms with Crippen molar-refractivity contribution < 1.29 is 14.3 Å². The summed E-state index contributed by atoms with van der Waals surface area (Å²) in [7, 11) is 3.72. The van der Waals surface area contributed by atoms with Gasteiger partial charge in [-0.1, -0.05) is 17.7 Å². The molecule has 1 aromatic carbocycles. The Hall–Kier alpha value is -3.23. The summed E-state index contributed by atoms with van der Waals surface area (Å²) in [5, 5.41) is 7.07. The number of hydrogen-bond donors (Lipinski definition) is 3. The number of fused-ring (bicyclic) bond motifs is 2. The van der Waals surface area contributed by atoms with Crippen LogP contribution in [0.4, 0.5) is 11.4 Å². The lowest BCUT2D eigenvalue weighted by atomic mass is 9.93. The number of benzene rings is 1. The lowest BCUT2D eigenvalue weighted by Crippen LogP contribution is -2.39. The molecule has 6 rings (SSSR count). The molecule has 1 amide bonds. The van der Waals surface area contributed by atoms with Gasteiger partial charge < -0.3 is 30.0 Å². The summed E-state index contributed by atoms with van der Waals surface area (Å²) in [4.78, 5) is 23.5. The number of amides is 1. The minimum absolute atomic E-state index is 0.0447. The Morgan fingerprint density at radius 2 is 2.17 bits per heavy atom. The molecule has 4 heterocycles. The van der Waals surface area contributed by atoms with Crippen LogP contribution in [0, 0.1) is 0 Å². The van der Waals surface area contributed by atoms with E-state index in [9.17, 15) is 4.79 Å². The fourth-order valence-electron chi connectivity index (χ4n) is 5.48. The number of aromatic nitrogens is 2. The molecule has 2 aliphatic heterocycles. The molecule has 0 bridgehead atoms. The molecule has 0 radical (unpaired) electrons. The van der Waals surface area contributed by atoms with Gasteiger partial charge in [-0.05, 0) is 57.5 Å². The Morgan fingerprint density at radius 3 is 2.92 bits per heavy atom. The molecule has 1 aliphatic carbocycles. The molecule has 3 N–H and O–H groups in total. The minimum atomic E-state index is -0.0994. The maximum atomic E-state index is 13.2. The number of halogens is 1. The average Bonchev–Trinajstić information content (AvgIpc) is 3.38. The number of carbonyl (C=O) groups is 1. The summed E-state index contributed by atoms with van der Waals surface area (Å²) in [6.07, 6.45) is 7.87. The number of rotatable bonds is 7.